The van der Waals surface area contributed by atoms with Gasteiger partial charge in [-0.15, -0.1) is 11.3 Å². The van der Waals surface area contributed by atoms with E-state index in [0.717, 1.165) is 48.8 Å². The van der Waals surface area contributed by atoms with E-state index in [-0.39, 0.29) is 11.8 Å². The molecule has 1 atom stereocenters. The van der Waals surface area contributed by atoms with Crippen molar-refractivity contribution in [3.63, 3.8) is 0 Å². The highest BCUT2D eigenvalue weighted by Gasteiger charge is 2.26. The van der Waals surface area contributed by atoms with Crippen LogP contribution in [0.25, 0.3) is 10.7 Å². The molecule has 1 N–H and O–H groups in total. The van der Waals surface area contributed by atoms with E-state index in [1.54, 1.807) is 11.3 Å². The van der Waals surface area contributed by atoms with Crippen LogP contribution in [0.5, 0.6) is 0 Å². The quantitative estimate of drug-likeness (QED) is 0.496. The summed E-state index contributed by atoms with van der Waals surface area (Å²) in [5.41, 5.74) is 2.51. The van der Waals surface area contributed by atoms with E-state index in [9.17, 15) is 4.79 Å². The van der Waals surface area contributed by atoms with E-state index in [4.69, 9.17) is 4.52 Å². The van der Waals surface area contributed by atoms with Crippen molar-refractivity contribution in [1.29, 1.82) is 0 Å². The number of piperidine rings is 2. The predicted octanol–water partition coefficient (Wildman–Crippen LogP) is 4.56. The van der Waals surface area contributed by atoms with Gasteiger partial charge in [0.1, 0.15) is 0 Å². The maximum atomic E-state index is 12.8. The minimum Gasteiger partial charge on any atom is -0.352 e. The normalized spacial score (nSPS) is 20.2. The number of thiophene rings is 1. The number of nitrogens with zero attached hydrogens (tertiary/aromatic N) is 4. The second-order valence-electron chi connectivity index (χ2n) is 10.1. The molecule has 2 aliphatic rings. The van der Waals surface area contributed by atoms with Crippen molar-refractivity contribution < 1.29 is 9.32 Å². The zero-order chi connectivity index (χ0) is 24.0. The number of hydrogen-bond acceptors (Lipinski definition) is 7. The first-order valence-electron chi connectivity index (χ1n) is 12.8. The molecule has 186 valence electrons. The molecule has 2 fully saturated rings. The Kier molecular flexibility index (Phi) is 7.91. The molecule has 0 saturated carbocycles. The van der Waals surface area contributed by atoms with Crippen LogP contribution in [-0.4, -0.2) is 52.0 Å². The molecule has 1 amide bonds. The summed E-state index contributed by atoms with van der Waals surface area (Å²) in [6.07, 6.45) is 4.36. The van der Waals surface area contributed by atoms with Crippen LogP contribution in [-0.2, 0) is 24.4 Å². The highest BCUT2D eigenvalue weighted by atomic mass is 32.1. The number of hydrogen-bond donors (Lipinski definition) is 1. The summed E-state index contributed by atoms with van der Waals surface area (Å²) < 4.78 is 5.43. The van der Waals surface area contributed by atoms with Gasteiger partial charge < -0.3 is 9.84 Å². The fourth-order valence-corrected chi connectivity index (χ4v) is 5.80. The van der Waals surface area contributed by atoms with Crippen molar-refractivity contribution >= 4 is 17.2 Å². The number of likely N-dealkylation sites (tertiary alicyclic amines) is 2. The second kappa shape index (κ2) is 11.5. The lowest BCUT2D eigenvalue weighted by molar-refractivity contribution is -0.126. The molecule has 2 aromatic heterocycles. The van der Waals surface area contributed by atoms with Crippen LogP contribution in [0.4, 0.5) is 0 Å². The molecule has 0 aliphatic carbocycles. The van der Waals surface area contributed by atoms with Crippen LogP contribution in [0, 0.1) is 11.8 Å². The third-order valence-corrected chi connectivity index (χ3v) is 8.03. The lowest BCUT2D eigenvalue weighted by Crippen LogP contribution is -2.40. The summed E-state index contributed by atoms with van der Waals surface area (Å²) in [6, 6.07) is 12.7. The van der Waals surface area contributed by atoms with Crippen molar-refractivity contribution in [2.75, 3.05) is 26.2 Å². The highest BCUT2D eigenvalue weighted by Crippen LogP contribution is 2.23. The van der Waals surface area contributed by atoms with Gasteiger partial charge in [0.25, 0.3) is 0 Å². The van der Waals surface area contributed by atoms with Crippen LogP contribution < -0.4 is 5.32 Å². The van der Waals surface area contributed by atoms with Gasteiger partial charge in [0.2, 0.25) is 17.6 Å². The van der Waals surface area contributed by atoms with Gasteiger partial charge in [-0.2, -0.15) is 4.98 Å². The molecular weight excluding hydrogens is 458 g/mol. The number of aromatic nitrogens is 2. The van der Waals surface area contributed by atoms with Crippen molar-refractivity contribution in [3.05, 3.63) is 58.8 Å². The lowest BCUT2D eigenvalue weighted by Gasteiger charge is -2.30. The minimum absolute atomic E-state index is 0.0657. The summed E-state index contributed by atoms with van der Waals surface area (Å²) >= 11 is 1.60. The third kappa shape index (κ3) is 6.57. The van der Waals surface area contributed by atoms with E-state index < -0.39 is 0 Å². The van der Waals surface area contributed by atoms with Gasteiger partial charge in [0.15, 0.2) is 0 Å². The molecular formula is C27H35N5O2S. The van der Waals surface area contributed by atoms with Crippen LogP contribution >= 0.6 is 11.3 Å². The molecule has 1 unspecified atom stereocenters. The van der Waals surface area contributed by atoms with Gasteiger partial charge >= 0.3 is 0 Å². The summed E-state index contributed by atoms with van der Waals surface area (Å²) in [6.45, 7) is 8.71. The number of benzene rings is 1. The first-order valence-corrected chi connectivity index (χ1v) is 13.7. The maximum absolute atomic E-state index is 12.8. The molecule has 5 rings (SSSR count). The Bertz CT molecular complexity index is 1070. The second-order valence-corrected chi connectivity index (χ2v) is 11.0. The Morgan fingerprint density at radius 2 is 1.86 bits per heavy atom. The Morgan fingerprint density at radius 1 is 1.06 bits per heavy atom. The molecule has 0 bridgehead atoms. The Hall–Kier alpha value is -2.55. The van der Waals surface area contributed by atoms with Gasteiger partial charge in [-0.25, -0.2) is 0 Å². The number of carbonyl (C=O) groups excluding carboxylic acids is 1. The third-order valence-electron chi connectivity index (χ3n) is 7.16. The van der Waals surface area contributed by atoms with Crippen LogP contribution in [0.15, 0.2) is 46.3 Å². The van der Waals surface area contributed by atoms with E-state index in [1.807, 2.05) is 17.5 Å². The number of nitrogens with one attached hydrogen (secondary N) is 1. The van der Waals surface area contributed by atoms with Crippen LogP contribution in [0.1, 0.15) is 49.6 Å². The zero-order valence-corrected chi connectivity index (χ0v) is 21.3. The molecule has 35 heavy (non-hydrogen) atoms. The molecule has 0 radical (unpaired) electrons. The maximum Gasteiger partial charge on any atom is 0.241 e. The highest BCUT2D eigenvalue weighted by molar-refractivity contribution is 7.13. The van der Waals surface area contributed by atoms with E-state index in [1.165, 1.54) is 31.5 Å². The lowest BCUT2D eigenvalue weighted by atomic mass is 9.96. The molecule has 1 aromatic carbocycles. The van der Waals surface area contributed by atoms with Crippen LogP contribution in [0.2, 0.25) is 0 Å². The summed E-state index contributed by atoms with van der Waals surface area (Å²) in [4.78, 5) is 23.1. The molecule has 0 spiro atoms. The number of carbonyl (C=O) groups is 1. The smallest absolute Gasteiger partial charge is 0.241 e. The largest absolute Gasteiger partial charge is 0.352 e. The van der Waals surface area contributed by atoms with Gasteiger partial charge in [0.05, 0.1) is 11.4 Å². The van der Waals surface area contributed by atoms with E-state index in [0.29, 0.717) is 24.8 Å². The fraction of sp³-hybridized carbons (Fsp3) is 0.519. The van der Waals surface area contributed by atoms with Crippen molar-refractivity contribution in [2.24, 2.45) is 11.8 Å². The van der Waals surface area contributed by atoms with E-state index >= 15 is 0 Å². The molecule has 3 aromatic rings. The molecule has 2 aliphatic heterocycles. The summed E-state index contributed by atoms with van der Waals surface area (Å²) in [7, 11) is 0. The molecule has 2 saturated heterocycles. The van der Waals surface area contributed by atoms with Crippen LogP contribution in [0.3, 0.4) is 0 Å². The monoisotopic (exact) mass is 493 g/mol. The van der Waals surface area contributed by atoms with Gasteiger partial charge in [-0.1, -0.05) is 42.4 Å². The Balaban J connectivity index is 1.03. The molecule has 7 nitrogen and oxygen atoms in total. The van der Waals surface area contributed by atoms with Crippen molar-refractivity contribution in [3.8, 4) is 10.7 Å². The average Bonchev–Trinajstić information content (AvgIpc) is 3.56. The van der Waals surface area contributed by atoms with Gasteiger partial charge in [0, 0.05) is 25.6 Å². The fourth-order valence-electron chi connectivity index (χ4n) is 5.15. The Labute approximate surface area is 211 Å². The Morgan fingerprint density at radius 3 is 2.60 bits per heavy atom. The molecule has 8 heteroatoms. The van der Waals surface area contributed by atoms with E-state index in [2.05, 4.69) is 56.4 Å². The number of amides is 1. The summed E-state index contributed by atoms with van der Waals surface area (Å²) in [5.74, 6) is 2.31. The summed E-state index contributed by atoms with van der Waals surface area (Å²) in [5, 5.41) is 9.25. The average molecular weight is 494 g/mol. The first kappa shape index (κ1) is 24.2. The van der Waals surface area contributed by atoms with Gasteiger partial charge in [-0.05, 0) is 73.8 Å². The topological polar surface area (TPSA) is 74.5 Å². The first-order chi connectivity index (χ1) is 17.1. The number of rotatable bonds is 8. The molecule has 4 heterocycles. The predicted molar refractivity (Wildman–Crippen MR) is 138 cm³/mol. The minimum atomic E-state index is 0.0657. The standard InChI is InChI=1S/C27H35N5O2S/c1-20-4-2-12-32(17-20)18-22-8-6-21(7-9-22)16-28-27(33)23-10-13-31(14-11-23)19-25-29-26(30-34-25)24-5-3-15-35-24/h3,5-9,15,20,23H,2,4,10-14,16-19H2,1H3,(H,28,33). The SMILES string of the molecule is CC1CCCN(Cc2ccc(CNC(=O)C3CCN(Cc4nc(-c5cccs5)no4)CC3)cc2)C1. The zero-order valence-electron chi connectivity index (χ0n) is 20.5. The van der Waals surface area contributed by atoms with Gasteiger partial charge in [-0.3, -0.25) is 14.6 Å². The van der Waals surface area contributed by atoms with Crippen molar-refractivity contribution in [1.82, 2.24) is 25.3 Å². The van der Waals surface area contributed by atoms with Crippen molar-refractivity contribution in [2.45, 2.75) is 52.2 Å².